The predicted octanol–water partition coefficient (Wildman–Crippen LogP) is 2.82. The predicted molar refractivity (Wildman–Crippen MR) is 90.3 cm³/mol. The van der Waals surface area contributed by atoms with Gasteiger partial charge in [0.05, 0.1) is 23.6 Å². The number of amides is 1. The minimum absolute atomic E-state index is 0.114. The van der Waals surface area contributed by atoms with Crippen molar-refractivity contribution in [3.63, 3.8) is 0 Å². The quantitative estimate of drug-likeness (QED) is 0.729. The summed E-state index contributed by atoms with van der Waals surface area (Å²) in [6.45, 7) is 3.70. The Morgan fingerprint density at radius 1 is 1.29 bits per heavy atom. The molecule has 0 radical (unpaired) electrons. The fraction of sp³-hybridized carbons (Fsp3) is 0.333. The molecule has 6 nitrogen and oxygen atoms in total. The third-order valence-electron chi connectivity index (χ3n) is 4.11. The smallest absolute Gasteiger partial charge is 0.243 e. The lowest BCUT2D eigenvalue weighted by atomic mass is 10.1. The first kappa shape index (κ1) is 16.3. The van der Waals surface area contributed by atoms with Gasteiger partial charge in [-0.15, -0.1) is 0 Å². The Morgan fingerprint density at radius 2 is 2.08 bits per heavy atom. The molecule has 3 atom stereocenters. The summed E-state index contributed by atoms with van der Waals surface area (Å²) in [5, 5.41) is 13.0. The first-order valence-corrected chi connectivity index (χ1v) is 7.99. The number of hydrogen-bond donors (Lipinski definition) is 2. The van der Waals surface area contributed by atoms with Crippen LogP contribution in [0.3, 0.4) is 0 Å². The molecule has 0 aliphatic heterocycles. The summed E-state index contributed by atoms with van der Waals surface area (Å²) < 4.78 is 7.03. The summed E-state index contributed by atoms with van der Waals surface area (Å²) in [6, 6.07) is 10.6. The lowest BCUT2D eigenvalue weighted by molar-refractivity contribution is -0.124. The number of carbonyl (C=O) groups excluding carboxylic acids is 1. The lowest BCUT2D eigenvalue weighted by Gasteiger charge is -2.20. The highest BCUT2D eigenvalue weighted by atomic mass is 16.4. The van der Waals surface area contributed by atoms with Gasteiger partial charge in [-0.05, 0) is 38.1 Å². The van der Waals surface area contributed by atoms with Crippen molar-refractivity contribution in [3.8, 4) is 0 Å². The molecule has 0 saturated carbocycles. The molecule has 24 heavy (non-hydrogen) atoms. The van der Waals surface area contributed by atoms with Crippen LogP contribution in [0.4, 0.5) is 0 Å². The van der Waals surface area contributed by atoms with Crippen molar-refractivity contribution in [2.45, 2.75) is 38.5 Å². The van der Waals surface area contributed by atoms with E-state index in [-0.39, 0.29) is 18.0 Å². The van der Waals surface area contributed by atoms with Gasteiger partial charge in [0.25, 0.3) is 0 Å². The average Bonchev–Trinajstić information content (AvgIpc) is 3.23. The summed E-state index contributed by atoms with van der Waals surface area (Å²) in [5.41, 5.74) is 1.78. The highest BCUT2D eigenvalue weighted by molar-refractivity contribution is 5.83. The van der Waals surface area contributed by atoms with Gasteiger partial charge >= 0.3 is 0 Å². The van der Waals surface area contributed by atoms with Gasteiger partial charge in [-0.3, -0.25) is 4.79 Å². The maximum atomic E-state index is 12.5. The molecule has 2 N–H and O–H groups in total. The summed E-state index contributed by atoms with van der Waals surface area (Å²) in [7, 11) is 0. The second kappa shape index (κ2) is 6.88. The van der Waals surface area contributed by atoms with Crippen LogP contribution >= 0.6 is 0 Å². The Balaban J connectivity index is 1.63. The van der Waals surface area contributed by atoms with Gasteiger partial charge in [0.2, 0.25) is 5.91 Å². The molecule has 2 heterocycles. The van der Waals surface area contributed by atoms with E-state index < -0.39 is 6.10 Å². The largest absolute Gasteiger partial charge is 0.467 e. The molecule has 6 heteroatoms. The van der Waals surface area contributed by atoms with Gasteiger partial charge in [-0.2, -0.15) is 0 Å². The van der Waals surface area contributed by atoms with Gasteiger partial charge in [0, 0.05) is 12.5 Å². The van der Waals surface area contributed by atoms with E-state index in [0.29, 0.717) is 12.2 Å². The van der Waals surface area contributed by atoms with Crippen molar-refractivity contribution < 1.29 is 14.3 Å². The average molecular weight is 327 g/mol. The number of imidazole rings is 1. The summed E-state index contributed by atoms with van der Waals surface area (Å²) in [4.78, 5) is 16.8. The molecule has 0 fully saturated rings. The molecule has 0 spiro atoms. The zero-order valence-corrected chi connectivity index (χ0v) is 13.7. The Kier molecular flexibility index (Phi) is 4.66. The fourth-order valence-corrected chi connectivity index (χ4v) is 2.77. The van der Waals surface area contributed by atoms with Crippen molar-refractivity contribution in [2.75, 3.05) is 0 Å². The van der Waals surface area contributed by atoms with Crippen LogP contribution in [0.1, 0.15) is 38.2 Å². The Hall–Kier alpha value is -2.60. The number of aliphatic hydroxyl groups excluding tert-OH is 1. The zero-order chi connectivity index (χ0) is 17.1. The van der Waals surface area contributed by atoms with E-state index >= 15 is 0 Å². The number of aromatic nitrogens is 2. The van der Waals surface area contributed by atoms with E-state index in [2.05, 4.69) is 10.3 Å². The van der Waals surface area contributed by atoms with E-state index in [4.69, 9.17) is 4.42 Å². The van der Waals surface area contributed by atoms with Crippen molar-refractivity contribution >= 4 is 16.9 Å². The maximum Gasteiger partial charge on any atom is 0.243 e. The summed E-state index contributed by atoms with van der Waals surface area (Å²) in [6.07, 6.45) is 2.85. The molecule has 0 saturated heterocycles. The van der Waals surface area contributed by atoms with Crippen molar-refractivity contribution in [1.82, 2.24) is 14.9 Å². The first-order valence-electron chi connectivity index (χ1n) is 7.99. The van der Waals surface area contributed by atoms with Gasteiger partial charge in [-0.25, -0.2) is 4.98 Å². The SMILES string of the molecule is C[C@H](C[C@H](O)c1ccco1)NC(=O)[C@H](C)n1cnc2ccccc21. The van der Waals surface area contributed by atoms with E-state index in [1.807, 2.05) is 42.7 Å². The van der Waals surface area contributed by atoms with Crippen LogP contribution in [0.15, 0.2) is 53.4 Å². The lowest BCUT2D eigenvalue weighted by Crippen LogP contribution is -2.38. The molecule has 0 unspecified atom stereocenters. The Morgan fingerprint density at radius 3 is 2.83 bits per heavy atom. The molecule has 0 aliphatic carbocycles. The third kappa shape index (κ3) is 3.33. The molecule has 3 aromatic rings. The zero-order valence-electron chi connectivity index (χ0n) is 13.7. The van der Waals surface area contributed by atoms with Crippen LogP contribution in [-0.4, -0.2) is 26.6 Å². The van der Waals surface area contributed by atoms with E-state index in [9.17, 15) is 9.90 Å². The van der Waals surface area contributed by atoms with Crippen molar-refractivity contribution in [3.05, 3.63) is 54.7 Å². The number of rotatable bonds is 6. The standard InChI is InChI=1S/C18H21N3O3/c1-12(10-16(22)17-8-5-9-24-17)20-18(23)13(2)21-11-19-14-6-3-4-7-15(14)21/h3-9,11-13,16,22H,10H2,1-2H3,(H,20,23)/t12-,13+,16+/m1/s1. The molecule has 2 aromatic heterocycles. The topological polar surface area (TPSA) is 80.3 Å². The second-order valence-corrected chi connectivity index (χ2v) is 5.99. The van der Waals surface area contributed by atoms with Crippen molar-refractivity contribution in [1.29, 1.82) is 0 Å². The number of furan rings is 1. The van der Waals surface area contributed by atoms with Crippen molar-refractivity contribution in [2.24, 2.45) is 0 Å². The second-order valence-electron chi connectivity index (χ2n) is 5.99. The number of aliphatic hydroxyl groups is 1. The highest BCUT2D eigenvalue weighted by Crippen LogP contribution is 2.20. The number of nitrogens with one attached hydrogen (secondary N) is 1. The minimum atomic E-state index is -0.736. The molecule has 1 amide bonds. The van der Waals surface area contributed by atoms with Crippen LogP contribution in [0.5, 0.6) is 0 Å². The van der Waals surface area contributed by atoms with Gasteiger partial charge in [-0.1, -0.05) is 12.1 Å². The van der Waals surface area contributed by atoms with E-state index in [1.165, 1.54) is 6.26 Å². The number of hydrogen-bond acceptors (Lipinski definition) is 4. The normalized spacial score (nSPS) is 15.1. The number of para-hydroxylation sites is 2. The summed E-state index contributed by atoms with van der Waals surface area (Å²) >= 11 is 0. The number of fused-ring (bicyclic) bond motifs is 1. The monoisotopic (exact) mass is 327 g/mol. The van der Waals surface area contributed by atoms with Crippen LogP contribution in [0, 0.1) is 0 Å². The summed E-state index contributed by atoms with van der Waals surface area (Å²) in [5.74, 6) is 0.391. The molecule has 1 aromatic carbocycles. The van der Waals surface area contributed by atoms with Crippen LogP contribution in [0.2, 0.25) is 0 Å². The molecule has 3 rings (SSSR count). The number of benzene rings is 1. The van der Waals surface area contributed by atoms with E-state index in [0.717, 1.165) is 11.0 Å². The fourth-order valence-electron chi connectivity index (χ4n) is 2.77. The van der Waals surface area contributed by atoms with Crippen LogP contribution in [0.25, 0.3) is 11.0 Å². The molecular formula is C18H21N3O3. The number of nitrogens with zero attached hydrogens (tertiary/aromatic N) is 2. The number of carbonyl (C=O) groups is 1. The molecule has 0 bridgehead atoms. The molecule has 126 valence electrons. The Labute approximate surface area is 140 Å². The van der Waals surface area contributed by atoms with Gasteiger partial charge in [0.1, 0.15) is 17.9 Å². The highest BCUT2D eigenvalue weighted by Gasteiger charge is 2.21. The van der Waals surface area contributed by atoms with Crippen LogP contribution < -0.4 is 5.32 Å². The maximum absolute atomic E-state index is 12.5. The molecular weight excluding hydrogens is 306 g/mol. The van der Waals surface area contributed by atoms with E-state index in [1.54, 1.807) is 18.5 Å². The Bertz CT molecular complexity index is 810. The first-order chi connectivity index (χ1) is 11.6. The third-order valence-corrected chi connectivity index (χ3v) is 4.11. The minimum Gasteiger partial charge on any atom is -0.467 e. The van der Waals surface area contributed by atoms with Gasteiger partial charge in [0.15, 0.2) is 0 Å². The molecule has 0 aliphatic rings. The van der Waals surface area contributed by atoms with Crippen LogP contribution in [-0.2, 0) is 4.79 Å². The van der Waals surface area contributed by atoms with Gasteiger partial charge < -0.3 is 19.4 Å².